The molecule has 8 nitrogen and oxygen atoms in total. The van der Waals surface area contributed by atoms with Crippen LogP contribution < -0.4 is 20.7 Å². The molecular weight excluding hydrogens is 470 g/mol. The molecule has 0 saturated heterocycles. The Balaban J connectivity index is 1.58. The Labute approximate surface area is 211 Å². The zero-order valence-electron chi connectivity index (χ0n) is 21.1. The monoisotopic (exact) mass is 501 g/mol. The zero-order valence-corrected chi connectivity index (χ0v) is 22.1. The van der Waals surface area contributed by atoms with Crippen molar-refractivity contribution in [2.45, 2.75) is 63.3 Å². The Morgan fingerprint density at radius 2 is 1.78 bits per heavy atom. The largest absolute Gasteiger partial charge is 0.458 e. The van der Waals surface area contributed by atoms with Crippen LogP contribution in [0.25, 0.3) is 10.4 Å². The Kier molecular flexibility index (Phi) is 6.02. The second kappa shape index (κ2) is 8.92. The highest BCUT2D eigenvalue weighted by atomic mass is 28.4. The van der Waals surface area contributed by atoms with Crippen molar-refractivity contribution in [3.8, 4) is 6.01 Å². The summed E-state index contributed by atoms with van der Waals surface area (Å²) in [6.45, 7) is 8.62. The lowest BCUT2D eigenvalue weighted by Crippen LogP contribution is -2.68. The first-order valence-electron chi connectivity index (χ1n) is 12.3. The Hall–Kier alpha value is -3.39. The number of nitrogens with zero attached hydrogens (tertiary/aromatic N) is 5. The number of azide groups is 1. The number of aryl methyl sites for hydroxylation is 1. The van der Waals surface area contributed by atoms with Crippen LogP contribution in [0.1, 0.15) is 45.2 Å². The molecule has 3 atom stereocenters. The van der Waals surface area contributed by atoms with E-state index in [4.69, 9.17) is 9.16 Å². The summed E-state index contributed by atoms with van der Waals surface area (Å²) in [5.74, 6) is 0. The molecule has 3 aromatic rings. The minimum atomic E-state index is -2.85. The van der Waals surface area contributed by atoms with E-state index in [1.165, 1.54) is 0 Å². The maximum absolute atomic E-state index is 12.2. The highest BCUT2D eigenvalue weighted by Crippen LogP contribution is 2.49. The van der Waals surface area contributed by atoms with Gasteiger partial charge < -0.3 is 9.16 Å². The van der Waals surface area contributed by atoms with Crippen LogP contribution in [0.4, 0.5) is 0 Å². The smallest absolute Gasteiger partial charge is 0.300 e. The molecule has 9 heteroatoms. The number of benzene rings is 2. The lowest BCUT2D eigenvalue weighted by molar-refractivity contribution is 0.0925. The number of aromatic nitrogens is 2. The van der Waals surface area contributed by atoms with Crippen molar-refractivity contribution >= 4 is 18.7 Å². The van der Waals surface area contributed by atoms with Crippen molar-refractivity contribution in [1.29, 1.82) is 0 Å². The average Bonchev–Trinajstić information content (AvgIpc) is 3.38. The second-order valence-electron chi connectivity index (χ2n) is 10.8. The van der Waals surface area contributed by atoms with E-state index in [1.54, 1.807) is 13.1 Å². The van der Waals surface area contributed by atoms with Gasteiger partial charge in [-0.15, -0.1) is 0 Å². The Morgan fingerprint density at radius 1 is 1.17 bits per heavy atom. The van der Waals surface area contributed by atoms with Gasteiger partial charge in [0.1, 0.15) is 11.6 Å². The topological polar surface area (TPSA) is 102 Å². The summed E-state index contributed by atoms with van der Waals surface area (Å²) < 4.78 is 15.3. The Bertz CT molecular complexity index is 1330. The van der Waals surface area contributed by atoms with Gasteiger partial charge >= 0.3 is 0 Å². The molecule has 36 heavy (non-hydrogen) atoms. The molecule has 0 N–H and O–H groups in total. The van der Waals surface area contributed by atoms with Crippen LogP contribution in [0, 0.1) is 6.92 Å². The molecule has 2 aliphatic rings. The predicted octanol–water partition coefficient (Wildman–Crippen LogP) is 4.27. The van der Waals surface area contributed by atoms with Crippen molar-refractivity contribution in [3.63, 3.8) is 0 Å². The third kappa shape index (κ3) is 3.75. The van der Waals surface area contributed by atoms with Crippen molar-refractivity contribution in [1.82, 2.24) is 9.55 Å². The molecule has 1 aliphatic heterocycles. The number of fused-ring (bicyclic) bond motifs is 3. The SMILES string of the molecule is Cc1cn2c(nc1=O)O[C@H]1[C@@H]2CC[C@]1(CO[Si](c1ccccc1)(c1ccccc1)C(C)(C)C)N=[N+]=[N-]. The predicted molar refractivity (Wildman–Crippen MR) is 141 cm³/mol. The summed E-state index contributed by atoms with van der Waals surface area (Å²) >= 11 is 0. The molecule has 0 radical (unpaired) electrons. The van der Waals surface area contributed by atoms with E-state index in [-0.39, 0.29) is 29.3 Å². The zero-order chi connectivity index (χ0) is 25.6. The standard InChI is InChI=1S/C27H31N5O3Si/c1-19-17-32-22-15-16-27(30-31-28,23(22)35-25(32)29-24(19)33)18-34-36(26(2,3)4,20-11-7-5-8-12-20)21-13-9-6-10-14-21/h5-14,17,22-23H,15-16,18H2,1-4H3/t22-,23-,27+/m0/s1. The first-order valence-corrected chi connectivity index (χ1v) is 14.2. The van der Waals surface area contributed by atoms with E-state index in [9.17, 15) is 10.3 Å². The molecule has 1 aromatic heterocycles. The minimum Gasteiger partial charge on any atom is -0.458 e. The van der Waals surface area contributed by atoms with Crippen LogP contribution in [0.3, 0.4) is 0 Å². The second-order valence-corrected chi connectivity index (χ2v) is 15.1. The fourth-order valence-electron chi connectivity index (χ4n) is 5.89. The first kappa shape index (κ1) is 24.3. The molecule has 5 rings (SSSR count). The third-order valence-corrected chi connectivity index (χ3v) is 12.6. The maximum Gasteiger partial charge on any atom is 0.300 e. The van der Waals surface area contributed by atoms with Crippen LogP contribution in [-0.4, -0.2) is 36.1 Å². The molecule has 1 saturated carbocycles. The van der Waals surface area contributed by atoms with E-state index in [2.05, 4.69) is 60.0 Å². The lowest BCUT2D eigenvalue weighted by atomic mass is 9.97. The molecule has 0 unspecified atom stereocenters. The van der Waals surface area contributed by atoms with Gasteiger partial charge in [-0.2, -0.15) is 4.98 Å². The molecule has 2 aromatic carbocycles. The fraction of sp³-hybridized carbons (Fsp3) is 0.407. The fourth-order valence-corrected chi connectivity index (χ4v) is 10.5. The van der Waals surface area contributed by atoms with E-state index in [1.807, 2.05) is 41.0 Å². The highest BCUT2D eigenvalue weighted by Gasteiger charge is 2.58. The van der Waals surface area contributed by atoms with E-state index >= 15 is 0 Å². The molecule has 1 fully saturated rings. The van der Waals surface area contributed by atoms with Gasteiger partial charge in [0.25, 0.3) is 19.9 Å². The van der Waals surface area contributed by atoms with E-state index in [0.29, 0.717) is 12.0 Å². The van der Waals surface area contributed by atoms with Gasteiger partial charge in [-0.3, -0.25) is 9.36 Å². The van der Waals surface area contributed by atoms with Gasteiger partial charge in [-0.05, 0) is 40.7 Å². The highest BCUT2D eigenvalue weighted by molar-refractivity contribution is 6.99. The summed E-state index contributed by atoms with van der Waals surface area (Å²) in [5, 5.41) is 6.44. The van der Waals surface area contributed by atoms with Gasteiger partial charge in [0.15, 0.2) is 0 Å². The van der Waals surface area contributed by atoms with Crippen LogP contribution in [-0.2, 0) is 4.43 Å². The first-order chi connectivity index (χ1) is 17.2. The maximum atomic E-state index is 12.2. The third-order valence-electron chi connectivity index (χ3n) is 7.63. The molecule has 186 valence electrons. The molecule has 0 amide bonds. The summed E-state index contributed by atoms with van der Waals surface area (Å²) in [6.07, 6.45) is 2.70. The van der Waals surface area contributed by atoms with Crippen LogP contribution >= 0.6 is 0 Å². The lowest BCUT2D eigenvalue weighted by Gasteiger charge is -2.45. The Morgan fingerprint density at radius 3 is 2.33 bits per heavy atom. The van der Waals surface area contributed by atoms with Gasteiger partial charge in [0.05, 0.1) is 6.04 Å². The van der Waals surface area contributed by atoms with Crippen molar-refractivity contribution < 1.29 is 9.16 Å². The van der Waals surface area contributed by atoms with Gasteiger partial charge in [0.2, 0.25) is 0 Å². The number of hydrogen-bond acceptors (Lipinski definition) is 5. The van der Waals surface area contributed by atoms with Crippen LogP contribution in [0.5, 0.6) is 6.01 Å². The number of ether oxygens (including phenoxy) is 1. The summed E-state index contributed by atoms with van der Waals surface area (Å²) in [5.41, 5.74) is 8.96. The van der Waals surface area contributed by atoms with Crippen LogP contribution in [0.15, 0.2) is 76.8 Å². The quantitative estimate of drug-likeness (QED) is 0.218. The summed E-state index contributed by atoms with van der Waals surface area (Å²) in [7, 11) is -2.85. The molecule has 0 bridgehead atoms. The normalized spacial score (nSPS) is 22.9. The number of rotatable bonds is 6. The van der Waals surface area contributed by atoms with Crippen LogP contribution in [0.2, 0.25) is 5.04 Å². The molecule has 1 aliphatic carbocycles. The summed E-state index contributed by atoms with van der Waals surface area (Å²) in [6, 6.07) is 21.0. The van der Waals surface area contributed by atoms with E-state index < -0.39 is 20.0 Å². The van der Waals surface area contributed by atoms with Crippen molar-refractivity contribution in [2.24, 2.45) is 5.11 Å². The van der Waals surface area contributed by atoms with Gasteiger partial charge in [0, 0.05) is 23.3 Å². The van der Waals surface area contributed by atoms with Crippen molar-refractivity contribution in [2.75, 3.05) is 6.61 Å². The van der Waals surface area contributed by atoms with E-state index in [0.717, 1.165) is 16.8 Å². The van der Waals surface area contributed by atoms with Gasteiger partial charge in [-0.25, -0.2) is 0 Å². The molecule has 0 spiro atoms. The molecule has 2 heterocycles. The number of hydrogen-bond donors (Lipinski definition) is 0. The molecular formula is C27H31N5O3Si. The minimum absolute atomic E-state index is 0.0694. The van der Waals surface area contributed by atoms with Gasteiger partial charge in [-0.1, -0.05) is 86.5 Å². The van der Waals surface area contributed by atoms with Crippen molar-refractivity contribution in [3.05, 3.63) is 93.2 Å². The average molecular weight is 502 g/mol. The summed E-state index contributed by atoms with van der Waals surface area (Å²) in [4.78, 5) is 19.5.